The summed E-state index contributed by atoms with van der Waals surface area (Å²) in [5.74, 6) is 5.04. The number of thiazole rings is 1. The lowest BCUT2D eigenvalue weighted by atomic mass is 10.1. The predicted molar refractivity (Wildman–Crippen MR) is 102 cm³/mol. The summed E-state index contributed by atoms with van der Waals surface area (Å²) in [5, 5.41) is 5.25. The number of nitrogens with zero attached hydrogens (tertiary/aromatic N) is 1. The first-order valence-electron chi connectivity index (χ1n) is 7.81. The number of nitrogens with two attached hydrogens (primary N) is 1. The van der Waals surface area contributed by atoms with E-state index in [1.165, 1.54) is 11.3 Å². The van der Waals surface area contributed by atoms with Gasteiger partial charge in [0.05, 0.1) is 6.54 Å². The highest BCUT2D eigenvalue weighted by molar-refractivity contribution is 7.13. The third-order valence-corrected chi connectivity index (χ3v) is 4.39. The van der Waals surface area contributed by atoms with E-state index in [1.54, 1.807) is 29.6 Å². The third-order valence-electron chi connectivity index (χ3n) is 3.50. The maximum absolute atomic E-state index is 12.1. The van der Waals surface area contributed by atoms with Crippen LogP contribution in [0.15, 0.2) is 60.0 Å². The molecule has 0 saturated carbocycles. The number of amides is 2. The second-order valence-electron chi connectivity index (χ2n) is 5.33. The van der Waals surface area contributed by atoms with Gasteiger partial charge in [0.25, 0.3) is 5.91 Å². The highest BCUT2D eigenvalue weighted by Crippen LogP contribution is 2.23. The zero-order valence-electron chi connectivity index (χ0n) is 13.7. The number of carbonyl (C=O) groups excluding carboxylic acids is 2. The molecule has 0 atom stereocenters. The molecule has 0 aliphatic heterocycles. The Kier molecular flexibility index (Phi) is 5.42. The molecule has 1 aromatic heterocycles. The van der Waals surface area contributed by atoms with Gasteiger partial charge < -0.3 is 11.1 Å². The van der Waals surface area contributed by atoms with Gasteiger partial charge in [-0.25, -0.2) is 4.98 Å². The minimum atomic E-state index is -0.477. The van der Waals surface area contributed by atoms with E-state index in [-0.39, 0.29) is 12.5 Å². The van der Waals surface area contributed by atoms with Crippen molar-refractivity contribution in [3.8, 4) is 22.4 Å². The smallest absolute Gasteiger partial charge is 0.271 e. The molecule has 5 nitrogen and oxygen atoms in total. The fraction of sp³-hybridized carbons (Fsp3) is 0.0500. The second kappa shape index (κ2) is 8.10. The molecule has 3 N–H and O–H groups in total. The Hall–Kier alpha value is -3.43. The van der Waals surface area contributed by atoms with Crippen LogP contribution in [0.5, 0.6) is 0 Å². The SMILES string of the molecule is NC(=O)c1ccc(C#CCNC(=O)c2csc(-c3ccccc3)n2)cc1. The molecule has 26 heavy (non-hydrogen) atoms. The molecule has 0 bridgehead atoms. The maximum atomic E-state index is 12.1. The lowest BCUT2D eigenvalue weighted by Gasteiger charge is -1.97. The summed E-state index contributed by atoms with van der Waals surface area (Å²) < 4.78 is 0. The van der Waals surface area contributed by atoms with Crippen LogP contribution in [0.3, 0.4) is 0 Å². The first-order valence-corrected chi connectivity index (χ1v) is 8.69. The molecule has 2 amide bonds. The van der Waals surface area contributed by atoms with E-state index in [4.69, 9.17) is 5.73 Å². The van der Waals surface area contributed by atoms with Gasteiger partial charge in [0.1, 0.15) is 10.7 Å². The van der Waals surface area contributed by atoms with Crippen LogP contribution >= 0.6 is 11.3 Å². The van der Waals surface area contributed by atoms with Gasteiger partial charge in [0.2, 0.25) is 5.91 Å². The zero-order chi connectivity index (χ0) is 18.4. The monoisotopic (exact) mass is 361 g/mol. The van der Waals surface area contributed by atoms with Gasteiger partial charge in [-0.3, -0.25) is 9.59 Å². The molecule has 0 saturated heterocycles. The first-order chi connectivity index (χ1) is 12.6. The largest absolute Gasteiger partial charge is 0.366 e. The Balaban J connectivity index is 1.57. The fourth-order valence-corrected chi connectivity index (χ4v) is 2.98. The summed E-state index contributed by atoms with van der Waals surface area (Å²) in [6.07, 6.45) is 0. The van der Waals surface area contributed by atoms with Crippen molar-refractivity contribution in [2.24, 2.45) is 5.73 Å². The summed E-state index contributed by atoms with van der Waals surface area (Å²) in [5.41, 5.74) is 7.72. The average Bonchev–Trinajstić information content (AvgIpc) is 3.16. The molecule has 2 aromatic carbocycles. The molecule has 0 aliphatic carbocycles. The highest BCUT2D eigenvalue weighted by atomic mass is 32.1. The number of aromatic nitrogens is 1. The number of hydrogen-bond acceptors (Lipinski definition) is 4. The van der Waals surface area contributed by atoms with Crippen LogP contribution in [-0.2, 0) is 0 Å². The van der Waals surface area contributed by atoms with Gasteiger partial charge in [-0.1, -0.05) is 42.2 Å². The van der Waals surface area contributed by atoms with Crippen molar-refractivity contribution in [2.45, 2.75) is 0 Å². The number of carbonyl (C=O) groups is 2. The van der Waals surface area contributed by atoms with Crippen molar-refractivity contribution in [2.75, 3.05) is 6.54 Å². The van der Waals surface area contributed by atoms with E-state index in [0.29, 0.717) is 11.3 Å². The summed E-state index contributed by atoms with van der Waals surface area (Å²) in [4.78, 5) is 27.5. The molecular formula is C20H15N3O2S. The summed E-state index contributed by atoms with van der Waals surface area (Å²) >= 11 is 1.42. The van der Waals surface area contributed by atoms with Gasteiger partial charge >= 0.3 is 0 Å². The third kappa shape index (κ3) is 4.35. The van der Waals surface area contributed by atoms with Crippen molar-refractivity contribution in [1.82, 2.24) is 10.3 Å². The van der Waals surface area contributed by atoms with Gasteiger partial charge in [-0.2, -0.15) is 0 Å². The maximum Gasteiger partial charge on any atom is 0.271 e. The summed E-state index contributed by atoms with van der Waals surface area (Å²) in [7, 11) is 0. The normalized spacial score (nSPS) is 9.85. The average molecular weight is 361 g/mol. The van der Waals surface area contributed by atoms with Crippen LogP contribution in [0.4, 0.5) is 0 Å². The molecule has 0 fully saturated rings. The van der Waals surface area contributed by atoms with Crippen LogP contribution < -0.4 is 11.1 Å². The quantitative estimate of drug-likeness (QED) is 0.701. The lowest BCUT2D eigenvalue weighted by molar-refractivity contribution is 0.0953. The topological polar surface area (TPSA) is 85.1 Å². The van der Waals surface area contributed by atoms with Crippen LogP contribution in [-0.4, -0.2) is 23.3 Å². The van der Waals surface area contributed by atoms with Crippen LogP contribution in [0.25, 0.3) is 10.6 Å². The van der Waals surface area contributed by atoms with Gasteiger partial charge in [-0.15, -0.1) is 11.3 Å². The van der Waals surface area contributed by atoms with E-state index < -0.39 is 5.91 Å². The molecule has 6 heteroatoms. The molecule has 1 heterocycles. The highest BCUT2D eigenvalue weighted by Gasteiger charge is 2.10. The minimum Gasteiger partial charge on any atom is -0.366 e. The number of rotatable bonds is 4. The molecule has 0 radical (unpaired) electrons. The molecule has 0 aliphatic rings. The molecule has 3 aromatic rings. The predicted octanol–water partition coefficient (Wildman–Crippen LogP) is 2.69. The van der Waals surface area contributed by atoms with E-state index in [0.717, 1.165) is 16.1 Å². The van der Waals surface area contributed by atoms with Gasteiger partial charge in [0, 0.05) is 22.1 Å². The standard InChI is InChI=1S/C20H15N3O2S/c21-18(24)15-10-8-14(9-11-15)5-4-12-22-19(25)17-13-26-20(23-17)16-6-2-1-3-7-16/h1-3,6-11,13H,12H2,(H2,21,24)(H,22,25). The minimum absolute atomic E-state index is 0.203. The molecule has 0 spiro atoms. The summed E-state index contributed by atoms with van der Waals surface area (Å²) in [6, 6.07) is 16.4. The van der Waals surface area contributed by atoms with Crippen molar-refractivity contribution in [3.63, 3.8) is 0 Å². The Morgan fingerprint density at radius 2 is 1.81 bits per heavy atom. The molecular weight excluding hydrogens is 346 g/mol. The van der Waals surface area contributed by atoms with Crippen LogP contribution in [0.2, 0.25) is 0 Å². The Morgan fingerprint density at radius 1 is 1.08 bits per heavy atom. The molecule has 0 unspecified atom stereocenters. The van der Waals surface area contributed by atoms with E-state index in [9.17, 15) is 9.59 Å². The fourth-order valence-electron chi connectivity index (χ4n) is 2.17. The van der Waals surface area contributed by atoms with Gasteiger partial charge in [-0.05, 0) is 24.3 Å². The van der Waals surface area contributed by atoms with Gasteiger partial charge in [0.15, 0.2) is 0 Å². The Morgan fingerprint density at radius 3 is 2.50 bits per heavy atom. The van der Waals surface area contributed by atoms with Crippen LogP contribution in [0.1, 0.15) is 26.4 Å². The second-order valence-corrected chi connectivity index (χ2v) is 6.19. The van der Waals surface area contributed by atoms with Crippen molar-refractivity contribution in [3.05, 3.63) is 76.8 Å². The van der Waals surface area contributed by atoms with Crippen molar-refractivity contribution in [1.29, 1.82) is 0 Å². The van der Waals surface area contributed by atoms with Crippen LogP contribution in [0, 0.1) is 11.8 Å². The Labute approximate surface area is 154 Å². The molecule has 3 rings (SSSR count). The Bertz CT molecular complexity index is 983. The van der Waals surface area contributed by atoms with Crippen molar-refractivity contribution >= 4 is 23.2 Å². The summed E-state index contributed by atoms with van der Waals surface area (Å²) in [6.45, 7) is 0.203. The number of nitrogens with one attached hydrogen (secondary N) is 1. The van der Waals surface area contributed by atoms with E-state index in [1.807, 2.05) is 30.3 Å². The number of primary amides is 1. The number of benzene rings is 2. The first kappa shape index (κ1) is 17.4. The van der Waals surface area contributed by atoms with E-state index >= 15 is 0 Å². The number of hydrogen-bond donors (Lipinski definition) is 2. The lowest BCUT2D eigenvalue weighted by Crippen LogP contribution is -2.23. The zero-order valence-corrected chi connectivity index (χ0v) is 14.5. The van der Waals surface area contributed by atoms with E-state index in [2.05, 4.69) is 22.1 Å². The van der Waals surface area contributed by atoms with Crippen molar-refractivity contribution < 1.29 is 9.59 Å². The molecule has 128 valence electrons.